The van der Waals surface area contributed by atoms with Gasteiger partial charge in [-0.05, 0) is 31.2 Å². The number of aryl methyl sites for hydroxylation is 1. The Morgan fingerprint density at radius 2 is 2.26 bits per heavy atom. The molecule has 1 aliphatic heterocycles. The van der Waals surface area contributed by atoms with Crippen molar-refractivity contribution < 1.29 is 8.42 Å². The summed E-state index contributed by atoms with van der Waals surface area (Å²) in [5.74, 6) is 0. The lowest BCUT2D eigenvalue weighted by Crippen LogP contribution is -2.30. The van der Waals surface area contributed by atoms with Crippen LogP contribution in [0.1, 0.15) is 29.6 Å². The lowest BCUT2D eigenvalue weighted by molar-refractivity contribution is 0.391. The van der Waals surface area contributed by atoms with Crippen molar-refractivity contribution in [3.8, 4) is 0 Å². The molecule has 7 heteroatoms. The highest BCUT2D eigenvalue weighted by molar-refractivity contribution is 7.89. The van der Waals surface area contributed by atoms with Crippen LogP contribution in [-0.4, -0.2) is 24.3 Å². The fourth-order valence-corrected chi connectivity index (χ4v) is 5.73. The van der Waals surface area contributed by atoms with E-state index < -0.39 is 10.0 Å². The average Bonchev–Trinajstić information content (AvgIpc) is 3.10. The summed E-state index contributed by atoms with van der Waals surface area (Å²) in [6.07, 6.45) is 1.75. The van der Waals surface area contributed by atoms with Gasteiger partial charge in [-0.15, -0.1) is 11.3 Å². The Balaban J connectivity index is 1.96. The van der Waals surface area contributed by atoms with Crippen LogP contribution in [0.4, 0.5) is 0 Å². The molecule has 0 aromatic carbocycles. The quantitative estimate of drug-likeness (QED) is 0.875. The Kier molecular flexibility index (Phi) is 3.46. The summed E-state index contributed by atoms with van der Waals surface area (Å²) in [4.78, 5) is 4.85. The minimum absolute atomic E-state index is 0.102. The highest BCUT2D eigenvalue weighted by Crippen LogP contribution is 2.37. The van der Waals surface area contributed by atoms with E-state index in [-0.39, 0.29) is 6.04 Å². The predicted molar refractivity (Wildman–Crippen MR) is 77.0 cm³/mol. The third-order valence-electron chi connectivity index (χ3n) is 3.28. The molecule has 0 amide bonds. The Morgan fingerprint density at radius 3 is 2.89 bits per heavy atom. The fourth-order valence-electron chi connectivity index (χ4n) is 2.39. The van der Waals surface area contributed by atoms with Gasteiger partial charge in [0.2, 0.25) is 10.0 Å². The van der Waals surface area contributed by atoms with Gasteiger partial charge in [-0.1, -0.05) is 0 Å². The molecule has 3 rings (SSSR count). The SMILES string of the molecule is Cc1nc([C@H]2CCCN2S(=O)(=O)c2ccsc2)cs1. The third kappa shape index (κ3) is 2.35. The first-order chi connectivity index (χ1) is 9.09. The van der Waals surface area contributed by atoms with E-state index in [2.05, 4.69) is 4.98 Å². The standard InChI is InChI=1S/C12H14N2O2S3/c1-9-13-11(8-18-9)12-3-2-5-14(12)19(15,16)10-4-6-17-7-10/h4,6-8,12H,2-3,5H2,1H3/t12-/m1/s1. The molecule has 0 aliphatic carbocycles. The summed E-state index contributed by atoms with van der Waals surface area (Å²) >= 11 is 2.98. The van der Waals surface area contributed by atoms with E-state index in [1.54, 1.807) is 32.5 Å². The highest BCUT2D eigenvalue weighted by Gasteiger charge is 2.37. The molecule has 1 atom stereocenters. The number of sulfonamides is 1. The van der Waals surface area contributed by atoms with Gasteiger partial charge >= 0.3 is 0 Å². The molecular formula is C12H14N2O2S3. The van der Waals surface area contributed by atoms with Gasteiger partial charge in [0.1, 0.15) is 0 Å². The van der Waals surface area contributed by atoms with E-state index in [9.17, 15) is 8.42 Å². The van der Waals surface area contributed by atoms with Crippen LogP contribution < -0.4 is 0 Å². The zero-order valence-electron chi connectivity index (χ0n) is 10.4. The van der Waals surface area contributed by atoms with Gasteiger partial charge < -0.3 is 0 Å². The topological polar surface area (TPSA) is 50.3 Å². The number of nitrogens with zero attached hydrogens (tertiary/aromatic N) is 2. The Morgan fingerprint density at radius 1 is 1.42 bits per heavy atom. The number of thiophene rings is 1. The Hall–Kier alpha value is -0.760. The van der Waals surface area contributed by atoms with Crippen LogP contribution in [-0.2, 0) is 10.0 Å². The molecule has 2 aromatic heterocycles. The van der Waals surface area contributed by atoms with Crippen molar-refractivity contribution in [2.24, 2.45) is 0 Å². The highest BCUT2D eigenvalue weighted by atomic mass is 32.2. The van der Waals surface area contributed by atoms with E-state index in [1.807, 2.05) is 12.3 Å². The monoisotopic (exact) mass is 314 g/mol. The lowest BCUT2D eigenvalue weighted by Gasteiger charge is -2.22. The van der Waals surface area contributed by atoms with E-state index in [1.165, 1.54) is 11.3 Å². The average molecular weight is 314 g/mol. The second kappa shape index (κ2) is 4.97. The van der Waals surface area contributed by atoms with Crippen LogP contribution in [0.5, 0.6) is 0 Å². The van der Waals surface area contributed by atoms with Gasteiger partial charge in [0, 0.05) is 17.3 Å². The molecule has 1 saturated heterocycles. The Labute approximate surface area is 120 Å². The molecule has 0 unspecified atom stereocenters. The van der Waals surface area contributed by atoms with Crippen LogP contribution >= 0.6 is 22.7 Å². The van der Waals surface area contributed by atoms with Crippen LogP contribution in [0.3, 0.4) is 0 Å². The molecule has 0 N–H and O–H groups in total. The van der Waals surface area contributed by atoms with Gasteiger partial charge in [0.05, 0.1) is 21.6 Å². The van der Waals surface area contributed by atoms with E-state index >= 15 is 0 Å². The molecular weight excluding hydrogens is 300 g/mol. The molecule has 1 aliphatic rings. The van der Waals surface area contributed by atoms with Crippen molar-refractivity contribution in [1.82, 2.24) is 9.29 Å². The number of thiazole rings is 1. The zero-order chi connectivity index (χ0) is 13.5. The molecule has 3 heterocycles. The maximum atomic E-state index is 12.6. The van der Waals surface area contributed by atoms with Crippen molar-refractivity contribution in [2.75, 3.05) is 6.54 Å². The maximum absolute atomic E-state index is 12.6. The number of aromatic nitrogens is 1. The molecule has 102 valence electrons. The van der Waals surface area contributed by atoms with Gasteiger partial charge in [-0.25, -0.2) is 13.4 Å². The summed E-state index contributed by atoms with van der Waals surface area (Å²) in [6, 6.07) is 1.57. The second-order valence-corrected chi connectivity index (χ2v) is 8.26. The van der Waals surface area contributed by atoms with Crippen molar-refractivity contribution in [3.63, 3.8) is 0 Å². The maximum Gasteiger partial charge on any atom is 0.244 e. The molecule has 19 heavy (non-hydrogen) atoms. The summed E-state index contributed by atoms with van der Waals surface area (Å²) in [5.41, 5.74) is 0.888. The third-order valence-corrected chi connectivity index (χ3v) is 6.81. The smallest absolute Gasteiger partial charge is 0.244 e. The normalized spacial score (nSPS) is 21.0. The molecule has 0 saturated carbocycles. The van der Waals surface area contributed by atoms with E-state index in [4.69, 9.17) is 0 Å². The largest absolute Gasteiger partial charge is 0.245 e. The number of rotatable bonds is 3. The van der Waals surface area contributed by atoms with Gasteiger partial charge in [0.25, 0.3) is 0 Å². The molecule has 1 fully saturated rings. The van der Waals surface area contributed by atoms with E-state index in [0.717, 1.165) is 23.5 Å². The predicted octanol–water partition coefficient (Wildman–Crippen LogP) is 3.04. The van der Waals surface area contributed by atoms with Gasteiger partial charge in [0.15, 0.2) is 0 Å². The van der Waals surface area contributed by atoms with Gasteiger partial charge in [-0.2, -0.15) is 15.6 Å². The minimum atomic E-state index is -3.38. The summed E-state index contributed by atoms with van der Waals surface area (Å²) in [7, 11) is -3.38. The molecule has 0 spiro atoms. The first-order valence-corrected chi connectivity index (χ1v) is 9.31. The minimum Gasteiger partial charge on any atom is -0.245 e. The molecule has 0 radical (unpaired) electrons. The van der Waals surface area contributed by atoms with E-state index in [0.29, 0.717) is 11.4 Å². The molecule has 4 nitrogen and oxygen atoms in total. The first kappa shape index (κ1) is 13.2. The Bertz CT molecular complexity index is 661. The van der Waals surface area contributed by atoms with Crippen LogP contribution in [0.15, 0.2) is 27.1 Å². The second-order valence-electron chi connectivity index (χ2n) is 4.52. The van der Waals surface area contributed by atoms with Crippen molar-refractivity contribution in [3.05, 3.63) is 32.9 Å². The summed E-state index contributed by atoms with van der Waals surface area (Å²) in [6.45, 7) is 2.53. The zero-order valence-corrected chi connectivity index (χ0v) is 12.9. The van der Waals surface area contributed by atoms with Crippen LogP contribution in [0.25, 0.3) is 0 Å². The molecule has 0 bridgehead atoms. The number of hydrogen-bond donors (Lipinski definition) is 0. The molecule has 2 aromatic rings. The van der Waals surface area contributed by atoms with Crippen LogP contribution in [0, 0.1) is 6.92 Å². The van der Waals surface area contributed by atoms with Gasteiger partial charge in [-0.3, -0.25) is 0 Å². The van der Waals surface area contributed by atoms with Crippen molar-refractivity contribution >= 4 is 32.7 Å². The number of hydrogen-bond acceptors (Lipinski definition) is 5. The lowest BCUT2D eigenvalue weighted by atomic mass is 10.2. The van der Waals surface area contributed by atoms with Crippen LogP contribution in [0.2, 0.25) is 0 Å². The first-order valence-electron chi connectivity index (χ1n) is 6.05. The fraction of sp³-hybridized carbons (Fsp3) is 0.417. The summed E-state index contributed by atoms with van der Waals surface area (Å²) < 4.78 is 26.8. The van der Waals surface area contributed by atoms with Crippen molar-refractivity contribution in [1.29, 1.82) is 0 Å². The van der Waals surface area contributed by atoms with Crippen molar-refractivity contribution in [2.45, 2.75) is 30.7 Å². The summed E-state index contributed by atoms with van der Waals surface area (Å²) in [5, 5.41) is 6.44.